The molecule has 0 saturated heterocycles. The molecule has 0 aliphatic carbocycles. The van der Waals surface area contributed by atoms with Gasteiger partial charge in [-0.15, -0.1) is 6.58 Å². The van der Waals surface area contributed by atoms with E-state index < -0.39 is 12.3 Å². The third kappa shape index (κ3) is 5.08. The molecule has 1 aromatic carbocycles. The first-order valence-electron chi connectivity index (χ1n) is 5.69. The Balaban J connectivity index is 2.25. The molecule has 0 aromatic heterocycles. The zero-order chi connectivity index (χ0) is 11.8. The van der Waals surface area contributed by atoms with Crippen molar-refractivity contribution in [2.24, 2.45) is 0 Å². The van der Waals surface area contributed by atoms with Crippen LogP contribution in [-0.2, 0) is 6.42 Å². The van der Waals surface area contributed by atoms with Gasteiger partial charge in [0.15, 0.2) is 0 Å². The van der Waals surface area contributed by atoms with Crippen LogP contribution >= 0.6 is 0 Å². The molecule has 0 spiro atoms. The van der Waals surface area contributed by atoms with Crippen LogP contribution in [0.25, 0.3) is 0 Å². The molecule has 0 amide bonds. The van der Waals surface area contributed by atoms with Crippen molar-refractivity contribution in [3.63, 3.8) is 0 Å². The second-order valence-corrected chi connectivity index (χ2v) is 4.04. The van der Waals surface area contributed by atoms with E-state index in [0.717, 1.165) is 12.0 Å². The van der Waals surface area contributed by atoms with Crippen molar-refractivity contribution in [2.45, 2.75) is 38.0 Å². The molecule has 1 aromatic rings. The van der Waals surface area contributed by atoms with Crippen molar-refractivity contribution in [1.29, 1.82) is 0 Å². The van der Waals surface area contributed by atoms with Crippen LogP contribution in [0, 0.1) is 0 Å². The average Bonchev–Trinajstić information content (AvgIpc) is 2.28. The number of aryl methyl sites for hydroxylation is 1. The Morgan fingerprint density at radius 2 is 2.00 bits per heavy atom. The molecule has 0 radical (unpaired) electrons. The van der Waals surface area contributed by atoms with Gasteiger partial charge in [-0.05, 0) is 24.8 Å². The molecule has 2 atom stereocenters. The summed E-state index contributed by atoms with van der Waals surface area (Å²) in [4.78, 5) is 0. The third-order valence-corrected chi connectivity index (χ3v) is 2.56. The second kappa shape index (κ2) is 7.18. The number of alkyl halides is 1. The summed E-state index contributed by atoms with van der Waals surface area (Å²) in [7, 11) is 0. The highest BCUT2D eigenvalue weighted by atomic mass is 19.1. The molecule has 1 N–H and O–H groups in total. The first-order chi connectivity index (χ1) is 7.72. The van der Waals surface area contributed by atoms with Gasteiger partial charge in [0.1, 0.15) is 6.17 Å². The van der Waals surface area contributed by atoms with Gasteiger partial charge < -0.3 is 5.11 Å². The molecule has 1 rings (SSSR count). The van der Waals surface area contributed by atoms with Crippen molar-refractivity contribution < 1.29 is 9.50 Å². The molecule has 0 aliphatic rings. The monoisotopic (exact) mass is 222 g/mol. The summed E-state index contributed by atoms with van der Waals surface area (Å²) >= 11 is 0. The van der Waals surface area contributed by atoms with Crippen molar-refractivity contribution in [3.8, 4) is 0 Å². The number of benzene rings is 1. The summed E-state index contributed by atoms with van der Waals surface area (Å²) in [6, 6.07) is 9.84. The number of halogens is 1. The largest absolute Gasteiger partial charge is 0.393 e. The van der Waals surface area contributed by atoms with Crippen LogP contribution in [0.1, 0.15) is 24.8 Å². The number of aliphatic hydroxyl groups excluding tert-OH is 1. The van der Waals surface area contributed by atoms with E-state index in [1.807, 2.05) is 30.3 Å². The molecule has 1 nitrogen and oxygen atoms in total. The van der Waals surface area contributed by atoms with Gasteiger partial charge in [0.05, 0.1) is 6.10 Å². The van der Waals surface area contributed by atoms with Gasteiger partial charge in [-0.1, -0.05) is 36.4 Å². The Morgan fingerprint density at radius 3 is 2.62 bits per heavy atom. The van der Waals surface area contributed by atoms with Gasteiger partial charge in [0.2, 0.25) is 0 Å². The van der Waals surface area contributed by atoms with Crippen LogP contribution in [0.2, 0.25) is 0 Å². The highest BCUT2D eigenvalue weighted by Gasteiger charge is 2.12. The summed E-state index contributed by atoms with van der Waals surface area (Å²) in [5.74, 6) is 0. The molecule has 0 heterocycles. The van der Waals surface area contributed by atoms with Gasteiger partial charge in [-0.3, -0.25) is 0 Å². The van der Waals surface area contributed by atoms with Gasteiger partial charge in [-0.2, -0.15) is 0 Å². The summed E-state index contributed by atoms with van der Waals surface area (Å²) < 4.78 is 13.5. The summed E-state index contributed by atoms with van der Waals surface area (Å²) in [5.41, 5.74) is 1.14. The Labute approximate surface area is 96.6 Å². The minimum Gasteiger partial charge on any atom is -0.393 e. The molecular weight excluding hydrogens is 203 g/mol. The summed E-state index contributed by atoms with van der Waals surface area (Å²) in [5, 5.41) is 9.41. The first-order valence-corrected chi connectivity index (χ1v) is 5.69. The van der Waals surface area contributed by atoms with Gasteiger partial charge >= 0.3 is 0 Å². The number of aliphatic hydroxyl groups is 1. The van der Waals surface area contributed by atoms with Crippen LogP contribution in [0.3, 0.4) is 0 Å². The summed E-state index contributed by atoms with van der Waals surface area (Å²) in [6.45, 7) is 3.52. The van der Waals surface area contributed by atoms with Gasteiger partial charge in [0, 0.05) is 6.42 Å². The van der Waals surface area contributed by atoms with Crippen LogP contribution in [0.15, 0.2) is 43.0 Å². The standard InChI is InChI=1S/C14H19FO/c1-2-6-14(16)11-13(15)10-9-12-7-4-3-5-8-12/h2-5,7-8,13-14,16H,1,6,9-11H2. The molecule has 2 heteroatoms. The van der Waals surface area contributed by atoms with E-state index in [0.29, 0.717) is 12.8 Å². The van der Waals surface area contributed by atoms with Gasteiger partial charge in [-0.25, -0.2) is 4.39 Å². The maximum Gasteiger partial charge on any atom is 0.103 e. The second-order valence-electron chi connectivity index (χ2n) is 4.04. The quantitative estimate of drug-likeness (QED) is 0.702. The lowest BCUT2D eigenvalue weighted by Gasteiger charge is -2.12. The van der Waals surface area contributed by atoms with Crippen molar-refractivity contribution >= 4 is 0 Å². The minimum absolute atomic E-state index is 0.207. The Bertz CT molecular complexity index is 297. The summed E-state index contributed by atoms with van der Waals surface area (Å²) in [6.07, 6.45) is 1.96. The maximum atomic E-state index is 13.5. The first kappa shape index (κ1) is 12.9. The third-order valence-electron chi connectivity index (χ3n) is 2.56. The molecule has 16 heavy (non-hydrogen) atoms. The predicted molar refractivity (Wildman–Crippen MR) is 65.1 cm³/mol. The number of hydrogen-bond donors (Lipinski definition) is 1. The molecule has 0 aliphatic heterocycles. The molecule has 0 saturated carbocycles. The van der Waals surface area contributed by atoms with Gasteiger partial charge in [0.25, 0.3) is 0 Å². The van der Waals surface area contributed by atoms with Crippen LogP contribution in [-0.4, -0.2) is 17.4 Å². The fourth-order valence-corrected chi connectivity index (χ4v) is 1.67. The smallest absolute Gasteiger partial charge is 0.103 e. The minimum atomic E-state index is -0.935. The van der Waals surface area contributed by atoms with E-state index in [2.05, 4.69) is 6.58 Å². The van der Waals surface area contributed by atoms with E-state index in [9.17, 15) is 9.50 Å². The molecular formula is C14H19FO. The lowest BCUT2D eigenvalue weighted by atomic mass is 10.0. The Hall–Kier alpha value is -1.15. The number of rotatable bonds is 7. The van der Waals surface area contributed by atoms with E-state index in [1.54, 1.807) is 6.08 Å². The van der Waals surface area contributed by atoms with Crippen molar-refractivity contribution in [2.75, 3.05) is 0 Å². The zero-order valence-corrected chi connectivity index (χ0v) is 9.48. The highest BCUT2D eigenvalue weighted by molar-refractivity contribution is 5.14. The lowest BCUT2D eigenvalue weighted by Crippen LogP contribution is -2.14. The fourth-order valence-electron chi connectivity index (χ4n) is 1.67. The van der Waals surface area contributed by atoms with Crippen LogP contribution < -0.4 is 0 Å². The van der Waals surface area contributed by atoms with Crippen LogP contribution in [0.5, 0.6) is 0 Å². The highest BCUT2D eigenvalue weighted by Crippen LogP contribution is 2.13. The Kier molecular flexibility index (Phi) is 5.79. The van der Waals surface area contributed by atoms with E-state index >= 15 is 0 Å². The van der Waals surface area contributed by atoms with E-state index in [4.69, 9.17) is 0 Å². The molecule has 0 bridgehead atoms. The topological polar surface area (TPSA) is 20.2 Å². The molecule has 2 unspecified atom stereocenters. The molecule has 88 valence electrons. The zero-order valence-electron chi connectivity index (χ0n) is 9.48. The van der Waals surface area contributed by atoms with Crippen molar-refractivity contribution in [3.05, 3.63) is 48.6 Å². The fraction of sp³-hybridized carbons (Fsp3) is 0.429. The van der Waals surface area contributed by atoms with Crippen molar-refractivity contribution in [1.82, 2.24) is 0 Å². The predicted octanol–water partition coefficient (Wildman–Crippen LogP) is 3.28. The Morgan fingerprint density at radius 1 is 1.31 bits per heavy atom. The SMILES string of the molecule is C=CCC(O)CC(F)CCc1ccccc1. The normalized spacial score (nSPS) is 14.4. The van der Waals surface area contributed by atoms with E-state index in [1.165, 1.54) is 0 Å². The van der Waals surface area contributed by atoms with Crippen LogP contribution in [0.4, 0.5) is 4.39 Å². The average molecular weight is 222 g/mol. The maximum absolute atomic E-state index is 13.5. The molecule has 0 fully saturated rings. The lowest BCUT2D eigenvalue weighted by molar-refractivity contribution is 0.125. The number of hydrogen-bond acceptors (Lipinski definition) is 1. The van der Waals surface area contributed by atoms with E-state index in [-0.39, 0.29) is 6.42 Å².